The van der Waals surface area contributed by atoms with Gasteiger partial charge in [-0.3, -0.25) is 9.89 Å². The van der Waals surface area contributed by atoms with Crippen LogP contribution in [0.1, 0.15) is 15.2 Å². The number of ether oxygens (including phenoxy) is 1. The van der Waals surface area contributed by atoms with Crippen LogP contribution >= 0.6 is 11.3 Å². The van der Waals surface area contributed by atoms with Crippen LogP contribution in [-0.2, 0) is 6.54 Å². The van der Waals surface area contributed by atoms with Crippen molar-refractivity contribution in [3.63, 3.8) is 0 Å². The van der Waals surface area contributed by atoms with E-state index in [2.05, 4.69) is 15.5 Å². The summed E-state index contributed by atoms with van der Waals surface area (Å²) in [6, 6.07) is 21.2. The van der Waals surface area contributed by atoms with Crippen LogP contribution in [0, 0.1) is 0 Å². The molecule has 0 atom stereocenters. The summed E-state index contributed by atoms with van der Waals surface area (Å²) in [4.78, 5) is 13.4. The zero-order valence-electron chi connectivity index (χ0n) is 15.3. The molecule has 1 amide bonds. The number of nitrogens with zero attached hydrogens (tertiary/aromatic N) is 1. The summed E-state index contributed by atoms with van der Waals surface area (Å²) in [5.41, 5.74) is 4.31. The van der Waals surface area contributed by atoms with Gasteiger partial charge in [0, 0.05) is 16.0 Å². The number of aromatic nitrogens is 2. The quantitative estimate of drug-likeness (QED) is 0.500. The van der Waals surface area contributed by atoms with Crippen LogP contribution in [0.25, 0.3) is 22.5 Å². The number of amides is 1. The number of rotatable bonds is 6. The van der Waals surface area contributed by atoms with Gasteiger partial charge in [0.25, 0.3) is 5.91 Å². The Kier molecular flexibility index (Phi) is 5.21. The smallest absolute Gasteiger partial charge is 0.251 e. The largest absolute Gasteiger partial charge is 0.497 e. The minimum absolute atomic E-state index is 0.0818. The molecule has 2 N–H and O–H groups in total. The topological polar surface area (TPSA) is 67.0 Å². The lowest BCUT2D eigenvalue weighted by atomic mass is 10.1. The van der Waals surface area contributed by atoms with Crippen molar-refractivity contribution < 1.29 is 9.53 Å². The Morgan fingerprint density at radius 1 is 1.07 bits per heavy atom. The second kappa shape index (κ2) is 8.10. The fraction of sp³-hybridized carbons (Fsp3) is 0.0909. The van der Waals surface area contributed by atoms with E-state index in [0.717, 1.165) is 33.1 Å². The van der Waals surface area contributed by atoms with Gasteiger partial charge < -0.3 is 10.1 Å². The maximum atomic E-state index is 12.3. The predicted molar refractivity (Wildman–Crippen MR) is 112 cm³/mol. The number of thiophene rings is 1. The molecule has 0 spiro atoms. The molecular formula is C22H19N3O2S. The number of benzene rings is 2. The number of methoxy groups -OCH3 is 1. The van der Waals surface area contributed by atoms with E-state index in [4.69, 9.17) is 4.74 Å². The van der Waals surface area contributed by atoms with E-state index in [1.807, 2.05) is 72.1 Å². The average molecular weight is 389 g/mol. The second-order valence-electron chi connectivity index (χ2n) is 6.24. The maximum Gasteiger partial charge on any atom is 0.251 e. The van der Waals surface area contributed by atoms with Crippen LogP contribution in [0.5, 0.6) is 5.75 Å². The maximum absolute atomic E-state index is 12.3. The molecule has 0 aliphatic heterocycles. The van der Waals surface area contributed by atoms with E-state index in [1.165, 1.54) is 0 Å². The fourth-order valence-electron chi connectivity index (χ4n) is 2.88. The van der Waals surface area contributed by atoms with Crippen LogP contribution in [0.4, 0.5) is 0 Å². The first-order valence-corrected chi connectivity index (χ1v) is 9.72. The van der Waals surface area contributed by atoms with E-state index in [9.17, 15) is 4.79 Å². The number of nitrogens with one attached hydrogen (secondary N) is 2. The standard InChI is InChI=1S/C22H19N3O2S/c1-27-18-5-2-4-17(12-18)21-13-20(24-25-21)15-7-9-16(10-8-15)22(26)23-14-19-6-3-11-28-19/h2-13H,14H2,1H3,(H,23,26)(H,24,25). The summed E-state index contributed by atoms with van der Waals surface area (Å²) in [6.07, 6.45) is 0. The molecule has 5 nitrogen and oxygen atoms in total. The molecule has 140 valence electrons. The first kappa shape index (κ1) is 18.0. The molecule has 2 aromatic carbocycles. The normalized spacial score (nSPS) is 10.6. The molecular weight excluding hydrogens is 370 g/mol. The van der Waals surface area contributed by atoms with Crippen molar-refractivity contribution in [1.82, 2.24) is 15.5 Å². The molecule has 0 bridgehead atoms. The van der Waals surface area contributed by atoms with Gasteiger partial charge in [-0.25, -0.2) is 0 Å². The SMILES string of the molecule is COc1cccc(-c2cc(-c3ccc(C(=O)NCc4cccs4)cc3)[nH]n2)c1. The van der Waals surface area contributed by atoms with Gasteiger partial charge >= 0.3 is 0 Å². The Bertz CT molecular complexity index is 1070. The van der Waals surface area contributed by atoms with Crippen LogP contribution < -0.4 is 10.1 Å². The second-order valence-corrected chi connectivity index (χ2v) is 7.27. The fourth-order valence-corrected chi connectivity index (χ4v) is 3.53. The van der Waals surface area contributed by atoms with E-state index < -0.39 is 0 Å². The lowest BCUT2D eigenvalue weighted by molar-refractivity contribution is 0.0951. The van der Waals surface area contributed by atoms with Crippen molar-refractivity contribution in [3.8, 4) is 28.3 Å². The van der Waals surface area contributed by atoms with E-state index >= 15 is 0 Å². The van der Waals surface area contributed by atoms with Gasteiger partial charge in [-0.15, -0.1) is 11.3 Å². The highest BCUT2D eigenvalue weighted by Crippen LogP contribution is 2.26. The zero-order chi connectivity index (χ0) is 19.3. The molecule has 28 heavy (non-hydrogen) atoms. The van der Waals surface area contributed by atoms with Crippen molar-refractivity contribution in [1.29, 1.82) is 0 Å². The molecule has 6 heteroatoms. The lowest BCUT2D eigenvalue weighted by Crippen LogP contribution is -2.22. The molecule has 0 fully saturated rings. The number of hydrogen-bond donors (Lipinski definition) is 2. The molecule has 2 aromatic heterocycles. The monoisotopic (exact) mass is 389 g/mol. The molecule has 0 saturated carbocycles. The van der Waals surface area contributed by atoms with E-state index in [0.29, 0.717) is 12.1 Å². The predicted octanol–water partition coefficient (Wildman–Crippen LogP) is 4.74. The zero-order valence-corrected chi connectivity index (χ0v) is 16.1. The van der Waals surface area contributed by atoms with Gasteiger partial charge in [0.1, 0.15) is 5.75 Å². The summed E-state index contributed by atoms with van der Waals surface area (Å²) in [7, 11) is 1.65. The number of H-pyrrole nitrogens is 1. The highest BCUT2D eigenvalue weighted by molar-refractivity contribution is 7.09. The molecule has 0 saturated heterocycles. The number of aromatic amines is 1. The third-order valence-electron chi connectivity index (χ3n) is 4.40. The van der Waals surface area contributed by atoms with Gasteiger partial charge in [0.15, 0.2) is 0 Å². The van der Waals surface area contributed by atoms with Crippen LogP contribution in [-0.4, -0.2) is 23.2 Å². The molecule has 0 aliphatic carbocycles. The number of hydrogen-bond acceptors (Lipinski definition) is 4. The Balaban J connectivity index is 1.46. The average Bonchev–Trinajstić information content (AvgIpc) is 3.44. The molecule has 0 aliphatic rings. The summed E-state index contributed by atoms with van der Waals surface area (Å²) in [5.74, 6) is 0.710. The Hall–Kier alpha value is -3.38. The molecule has 2 heterocycles. The van der Waals surface area contributed by atoms with Crippen molar-refractivity contribution in [2.75, 3.05) is 7.11 Å². The van der Waals surface area contributed by atoms with Gasteiger partial charge in [-0.05, 0) is 47.3 Å². The highest BCUT2D eigenvalue weighted by atomic mass is 32.1. The summed E-state index contributed by atoms with van der Waals surface area (Å²) >= 11 is 1.63. The minimum atomic E-state index is -0.0818. The highest BCUT2D eigenvalue weighted by Gasteiger charge is 2.09. The number of carbonyl (C=O) groups is 1. The number of carbonyl (C=O) groups excluding carboxylic acids is 1. The Morgan fingerprint density at radius 3 is 2.68 bits per heavy atom. The minimum Gasteiger partial charge on any atom is -0.497 e. The van der Waals surface area contributed by atoms with Gasteiger partial charge in [0.2, 0.25) is 0 Å². The van der Waals surface area contributed by atoms with Gasteiger partial charge in [0.05, 0.1) is 25.0 Å². The van der Waals surface area contributed by atoms with E-state index in [1.54, 1.807) is 18.4 Å². The van der Waals surface area contributed by atoms with Crippen LogP contribution in [0.2, 0.25) is 0 Å². The molecule has 0 radical (unpaired) electrons. The van der Waals surface area contributed by atoms with Gasteiger partial charge in [-0.2, -0.15) is 5.10 Å². The third kappa shape index (κ3) is 3.97. The van der Waals surface area contributed by atoms with Crippen LogP contribution in [0.3, 0.4) is 0 Å². The van der Waals surface area contributed by atoms with E-state index in [-0.39, 0.29) is 5.91 Å². The van der Waals surface area contributed by atoms with Gasteiger partial charge in [-0.1, -0.05) is 30.3 Å². The van der Waals surface area contributed by atoms with Crippen LogP contribution in [0.15, 0.2) is 72.1 Å². The molecule has 4 aromatic rings. The Labute approximate surface area is 167 Å². The summed E-state index contributed by atoms with van der Waals surface area (Å²) in [5, 5.41) is 12.4. The summed E-state index contributed by atoms with van der Waals surface area (Å²) < 4.78 is 5.27. The van der Waals surface area contributed by atoms with Crippen molar-refractivity contribution in [3.05, 3.63) is 82.6 Å². The van der Waals surface area contributed by atoms with Crippen molar-refractivity contribution in [2.24, 2.45) is 0 Å². The Morgan fingerprint density at radius 2 is 1.93 bits per heavy atom. The first-order valence-electron chi connectivity index (χ1n) is 8.84. The molecule has 4 rings (SSSR count). The first-order chi connectivity index (χ1) is 13.7. The van der Waals surface area contributed by atoms with Crippen molar-refractivity contribution in [2.45, 2.75) is 6.54 Å². The lowest BCUT2D eigenvalue weighted by Gasteiger charge is -2.04. The van der Waals surface area contributed by atoms with Crippen molar-refractivity contribution >= 4 is 17.2 Å². The third-order valence-corrected chi connectivity index (χ3v) is 5.28. The molecule has 0 unspecified atom stereocenters. The summed E-state index contributed by atoms with van der Waals surface area (Å²) in [6.45, 7) is 0.544.